The third kappa shape index (κ3) is 4.42. The fraction of sp³-hybridized carbons (Fsp3) is 0.923. The number of nitrogens with zero attached hydrogens (tertiary/aromatic N) is 1. The molecule has 1 aliphatic heterocycles. The fourth-order valence-electron chi connectivity index (χ4n) is 3.02. The second-order valence-electron chi connectivity index (χ2n) is 5.59. The largest absolute Gasteiger partial charge is 0.465 e. The number of hydrogen-bond acceptors (Lipinski definition) is 4. The van der Waals surface area contributed by atoms with Crippen molar-refractivity contribution in [1.82, 2.24) is 9.99 Å². The summed E-state index contributed by atoms with van der Waals surface area (Å²) < 4.78 is 23.2. The second kappa shape index (κ2) is 7.09. The molecule has 1 amide bonds. The van der Waals surface area contributed by atoms with Crippen molar-refractivity contribution in [1.29, 1.82) is 0 Å². The van der Waals surface area contributed by atoms with Crippen LogP contribution in [-0.2, 0) is 13.6 Å². The molecule has 0 unspecified atom stereocenters. The summed E-state index contributed by atoms with van der Waals surface area (Å²) in [6.45, 7) is 4.97. The van der Waals surface area contributed by atoms with Crippen molar-refractivity contribution in [3.05, 3.63) is 0 Å². The van der Waals surface area contributed by atoms with Gasteiger partial charge in [-0.15, -0.1) is 0 Å². The van der Waals surface area contributed by atoms with Gasteiger partial charge in [0.15, 0.2) is 0 Å². The van der Waals surface area contributed by atoms with E-state index < -0.39 is 13.8 Å². The molecule has 0 bridgehead atoms. The molecule has 0 radical (unpaired) electrons. The molecule has 2 N–H and O–H groups in total. The van der Waals surface area contributed by atoms with Crippen LogP contribution in [0.4, 0.5) is 4.79 Å². The molecule has 1 aliphatic carbocycles. The van der Waals surface area contributed by atoms with Crippen LogP contribution in [0.5, 0.6) is 0 Å². The van der Waals surface area contributed by atoms with Gasteiger partial charge >= 0.3 is 13.8 Å². The van der Waals surface area contributed by atoms with E-state index in [1.807, 2.05) is 0 Å². The normalized spacial score (nSPS) is 26.9. The fourth-order valence-corrected chi connectivity index (χ4v) is 4.61. The van der Waals surface area contributed by atoms with Crippen molar-refractivity contribution in [2.45, 2.75) is 39.2 Å². The minimum absolute atomic E-state index is 0.175. The van der Waals surface area contributed by atoms with Gasteiger partial charge in [0, 0.05) is 19.1 Å². The number of carboxylic acid groups (broad SMARTS) is 1. The van der Waals surface area contributed by atoms with Crippen LogP contribution in [-0.4, -0.2) is 48.4 Å². The van der Waals surface area contributed by atoms with E-state index in [-0.39, 0.29) is 19.3 Å². The number of likely N-dealkylation sites (tertiary alicyclic amines) is 1. The lowest BCUT2D eigenvalue weighted by atomic mass is 9.88. The van der Waals surface area contributed by atoms with Crippen molar-refractivity contribution < 1.29 is 23.5 Å². The Kier molecular flexibility index (Phi) is 5.66. The molecule has 7 nitrogen and oxygen atoms in total. The molecule has 21 heavy (non-hydrogen) atoms. The molecule has 2 atom stereocenters. The van der Waals surface area contributed by atoms with Gasteiger partial charge in [0.2, 0.25) is 0 Å². The molecule has 2 rings (SSSR count). The van der Waals surface area contributed by atoms with Gasteiger partial charge in [0.05, 0.1) is 13.2 Å². The molecule has 0 aromatic heterocycles. The molecule has 1 saturated carbocycles. The quantitative estimate of drug-likeness (QED) is 0.701. The third-order valence-electron chi connectivity index (χ3n) is 4.09. The van der Waals surface area contributed by atoms with Gasteiger partial charge in [-0.2, -0.15) is 0 Å². The lowest BCUT2D eigenvalue weighted by Crippen LogP contribution is -2.52. The summed E-state index contributed by atoms with van der Waals surface area (Å²) in [7, 11) is -3.36. The Balaban J connectivity index is 2.07. The SMILES string of the molecule is CCOP(=O)(N[C@H]1CN(C(=O)O)CC[C@@H]1C1CC1)OCC. The van der Waals surface area contributed by atoms with E-state index in [9.17, 15) is 9.36 Å². The first-order chi connectivity index (χ1) is 9.99. The highest BCUT2D eigenvalue weighted by molar-refractivity contribution is 7.51. The number of piperidine rings is 1. The third-order valence-corrected chi connectivity index (χ3v) is 5.93. The van der Waals surface area contributed by atoms with E-state index in [4.69, 9.17) is 14.2 Å². The highest BCUT2D eigenvalue weighted by atomic mass is 31.2. The lowest BCUT2D eigenvalue weighted by Gasteiger charge is -2.39. The summed E-state index contributed by atoms with van der Waals surface area (Å²) in [6.07, 6.45) is 2.21. The van der Waals surface area contributed by atoms with E-state index >= 15 is 0 Å². The molecular weight excluding hydrogens is 295 g/mol. The van der Waals surface area contributed by atoms with Gasteiger partial charge in [-0.1, -0.05) is 0 Å². The maximum Gasteiger partial charge on any atom is 0.407 e. The maximum absolute atomic E-state index is 12.6. The summed E-state index contributed by atoms with van der Waals surface area (Å²) in [6, 6.07) is -0.175. The Morgan fingerprint density at radius 2 is 1.90 bits per heavy atom. The topological polar surface area (TPSA) is 88.1 Å². The van der Waals surface area contributed by atoms with Crippen LogP contribution in [0, 0.1) is 11.8 Å². The Labute approximate surface area is 125 Å². The summed E-state index contributed by atoms with van der Waals surface area (Å²) in [5.41, 5.74) is 0. The monoisotopic (exact) mass is 320 g/mol. The molecule has 122 valence electrons. The zero-order valence-corrected chi connectivity index (χ0v) is 13.6. The highest BCUT2D eigenvalue weighted by Gasteiger charge is 2.43. The van der Waals surface area contributed by atoms with Gasteiger partial charge in [-0.05, 0) is 44.9 Å². The Bertz CT molecular complexity index is 405. The summed E-state index contributed by atoms with van der Waals surface area (Å²) in [5.74, 6) is 0.949. The summed E-state index contributed by atoms with van der Waals surface area (Å²) in [5, 5.41) is 12.2. The first-order valence-electron chi connectivity index (χ1n) is 7.64. The predicted octanol–water partition coefficient (Wildman–Crippen LogP) is 2.54. The van der Waals surface area contributed by atoms with E-state index in [1.54, 1.807) is 13.8 Å². The predicted molar refractivity (Wildman–Crippen MR) is 78.2 cm³/mol. The van der Waals surface area contributed by atoms with Crippen LogP contribution in [0.25, 0.3) is 0 Å². The van der Waals surface area contributed by atoms with Crippen molar-refractivity contribution in [3.63, 3.8) is 0 Å². The molecule has 2 fully saturated rings. The molecule has 0 aromatic carbocycles. The average molecular weight is 320 g/mol. The van der Waals surface area contributed by atoms with Crippen molar-refractivity contribution in [2.24, 2.45) is 11.8 Å². The van der Waals surface area contributed by atoms with Crippen molar-refractivity contribution in [2.75, 3.05) is 26.3 Å². The van der Waals surface area contributed by atoms with Crippen molar-refractivity contribution >= 4 is 13.8 Å². The Morgan fingerprint density at radius 3 is 2.38 bits per heavy atom. The molecule has 0 aromatic rings. The summed E-state index contributed by atoms with van der Waals surface area (Å²) in [4.78, 5) is 12.5. The van der Waals surface area contributed by atoms with E-state index in [0.717, 1.165) is 6.42 Å². The number of rotatable bonds is 7. The Morgan fingerprint density at radius 1 is 1.29 bits per heavy atom. The zero-order valence-electron chi connectivity index (χ0n) is 12.7. The molecule has 8 heteroatoms. The molecule has 1 saturated heterocycles. The Hall–Kier alpha value is -0.620. The second-order valence-corrected chi connectivity index (χ2v) is 7.36. The van der Waals surface area contributed by atoms with Gasteiger partial charge in [-0.3, -0.25) is 9.05 Å². The van der Waals surface area contributed by atoms with Gasteiger partial charge in [-0.25, -0.2) is 14.4 Å². The molecule has 2 aliphatic rings. The van der Waals surface area contributed by atoms with Gasteiger partial charge in [0.1, 0.15) is 0 Å². The average Bonchev–Trinajstić information content (AvgIpc) is 3.23. The molecule has 0 spiro atoms. The minimum atomic E-state index is -3.36. The first kappa shape index (κ1) is 16.7. The first-order valence-corrected chi connectivity index (χ1v) is 9.18. The number of hydrogen-bond donors (Lipinski definition) is 2. The van der Waals surface area contributed by atoms with Crippen molar-refractivity contribution in [3.8, 4) is 0 Å². The lowest BCUT2D eigenvalue weighted by molar-refractivity contribution is 0.102. The number of carbonyl (C=O) groups is 1. The van der Waals surface area contributed by atoms with Gasteiger partial charge in [0.25, 0.3) is 0 Å². The highest BCUT2D eigenvalue weighted by Crippen LogP contribution is 2.48. The number of nitrogens with one attached hydrogen (secondary N) is 1. The summed E-state index contributed by atoms with van der Waals surface area (Å²) >= 11 is 0. The van der Waals surface area contributed by atoms with Crippen LogP contribution in [0.15, 0.2) is 0 Å². The molecule has 1 heterocycles. The standard InChI is InChI=1S/C13H25N2O5P/c1-3-19-21(18,20-4-2)14-12-9-15(13(16)17)8-7-11(12)10-5-6-10/h10-12H,3-9H2,1-2H3,(H,14,18)(H,16,17)/t11-,12+/m1/s1. The smallest absolute Gasteiger partial charge is 0.407 e. The van der Waals surface area contributed by atoms with Gasteiger partial charge < -0.3 is 10.0 Å². The van der Waals surface area contributed by atoms with E-state index in [2.05, 4.69) is 5.09 Å². The number of amides is 1. The minimum Gasteiger partial charge on any atom is -0.465 e. The maximum atomic E-state index is 12.6. The molecular formula is C13H25N2O5P. The van der Waals surface area contributed by atoms with Crippen LogP contribution in [0.3, 0.4) is 0 Å². The van der Waals surface area contributed by atoms with Crippen LogP contribution in [0.1, 0.15) is 33.1 Å². The van der Waals surface area contributed by atoms with E-state index in [1.165, 1.54) is 17.7 Å². The van der Waals surface area contributed by atoms with E-state index in [0.29, 0.717) is 24.9 Å². The zero-order chi connectivity index (χ0) is 15.5. The van der Waals surface area contributed by atoms with Crippen LogP contribution >= 0.6 is 7.75 Å². The van der Waals surface area contributed by atoms with Crippen LogP contribution in [0.2, 0.25) is 0 Å². The van der Waals surface area contributed by atoms with Crippen LogP contribution < -0.4 is 5.09 Å².